The molecule has 1 aliphatic carbocycles. The summed E-state index contributed by atoms with van der Waals surface area (Å²) in [6.07, 6.45) is 5.19. The Hall–Kier alpha value is -6.65. The van der Waals surface area contributed by atoms with Crippen LogP contribution in [-0.2, 0) is 22.6 Å². The first-order chi connectivity index (χ1) is 30.4. The lowest BCUT2D eigenvalue weighted by atomic mass is 9.85. The lowest BCUT2D eigenvalue weighted by Crippen LogP contribution is -2.54. The number of imide groups is 2. The van der Waals surface area contributed by atoms with E-state index in [2.05, 4.69) is 40.8 Å². The van der Waals surface area contributed by atoms with Gasteiger partial charge in [-0.3, -0.25) is 39.1 Å². The molecule has 0 spiro atoms. The molecule has 9 rings (SSSR count). The highest BCUT2D eigenvalue weighted by Gasteiger charge is 2.45. The second kappa shape index (κ2) is 17.3. The summed E-state index contributed by atoms with van der Waals surface area (Å²) in [6.45, 7) is 4.16. The number of hydrogen-bond donors (Lipinski definition) is 3. The van der Waals surface area contributed by atoms with Crippen LogP contribution in [0.3, 0.4) is 0 Å². The summed E-state index contributed by atoms with van der Waals surface area (Å²) >= 11 is 6.16. The monoisotopic (exact) mass is 878 g/mol. The molecule has 324 valence electrons. The summed E-state index contributed by atoms with van der Waals surface area (Å²) < 4.78 is 30.8. The number of anilines is 4. The summed E-state index contributed by atoms with van der Waals surface area (Å²) in [6, 6.07) is 9.53. The fourth-order valence-electron chi connectivity index (χ4n) is 9.15. The van der Waals surface area contributed by atoms with Crippen molar-refractivity contribution >= 4 is 64.3 Å². The minimum atomic E-state index is -1.13. The number of pyridine rings is 2. The third kappa shape index (κ3) is 8.35. The predicted octanol–water partition coefficient (Wildman–Crippen LogP) is 3.89. The Bertz CT molecular complexity index is 2590. The number of carbonyl (C=O) groups is 5. The van der Waals surface area contributed by atoms with Gasteiger partial charge in [0.05, 0.1) is 40.2 Å². The standard InChI is InChI=1S/C43H41ClF2N12O5/c44-37-24(19-47)3-9-35(53-37)57-12-11-26-31(21-57)48-22-49-39(26)52-34-8-6-27(38(46)51-34)40(60)50-25-4-1-23(2-5-25)20-55-13-15-56(16-14-55)33-18-29-28(17-30(33)45)42(62)58(43(29)63)32-7-10-36(59)54-41(32)61/h3,6,8-9,17-18,22-23,25,32H,1-2,4-5,7,10-16,20-21H2,(H,50,60)(H,54,59,61)(H,48,49,51,52)/t23-,25-,32?. The largest absolute Gasteiger partial charge is 0.367 e. The molecule has 5 amide bonds. The third-order valence-electron chi connectivity index (χ3n) is 12.5. The summed E-state index contributed by atoms with van der Waals surface area (Å²) in [5.41, 5.74) is 1.90. The first-order valence-electron chi connectivity index (χ1n) is 20.8. The number of nitrogens with zero attached hydrogens (tertiary/aromatic N) is 9. The van der Waals surface area contributed by atoms with Gasteiger partial charge in [-0.2, -0.15) is 9.65 Å². The average molecular weight is 879 g/mol. The van der Waals surface area contributed by atoms with E-state index in [0.29, 0.717) is 68.8 Å². The first kappa shape index (κ1) is 41.7. The van der Waals surface area contributed by atoms with Crippen LogP contribution in [0.1, 0.15) is 86.4 Å². The molecule has 5 aliphatic rings. The van der Waals surface area contributed by atoms with Gasteiger partial charge in [-0.1, -0.05) is 11.6 Å². The third-order valence-corrected chi connectivity index (χ3v) is 12.8. The van der Waals surface area contributed by atoms with Gasteiger partial charge < -0.3 is 20.4 Å². The molecule has 2 saturated heterocycles. The molecular formula is C43H41ClF2N12O5. The second-order valence-electron chi connectivity index (χ2n) is 16.4. The quantitative estimate of drug-likeness (QED) is 0.161. The van der Waals surface area contributed by atoms with Crippen molar-refractivity contribution in [2.24, 2.45) is 5.92 Å². The molecule has 3 N–H and O–H groups in total. The van der Waals surface area contributed by atoms with Gasteiger partial charge in [0.25, 0.3) is 17.7 Å². The van der Waals surface area contributed by atoms with Crippen LogP contribution in [0.4, 0.5) is 31.9 Å². The molecule has 0 bridgehead atoms. The van der Waals surface area contributed by atoms with Gasteiger partial charge in [0, 0.05) is 57.3 Å². The van der Waals surface area contributed by atoms with Gasteiger partial charge in [-0.15, -0.1) is 0 Å². The maximum atomic E-state index is 15.4. The Balaban J connectivity index is 0.737. The van der Waals surface area contributed by atoms with E-state index < -0.39 is 47.3 Å². The van der Waals surface area contributed by atoms with Gasteiger partial charge in [0.15, 0.2) is 0 Å². The Kier molecular flexibility index (Phi) is 11.4. The topological polar surface area (TPSA) is 210 Å². The Labute approximate surface area is 364 Å². The minimum Gasteiger partial charge on any atom is -0.367 e. The number of hydrogen-bond acceptors (Lipinski definition) is 14. The highest BCUT2D eigenvalue weighted by atomic mass is 35.5. The number of carbonyl (C=O) groups excluding carboxylic acids is 5. The van der Waals surface area contributed by atoms with Crippen LogP contribution in [0.25, 0.3) is 0 Å². The molecule has 4 aliphatic heterocycles. The molecule has 17 nitrogen and oxygen atoms in total. The van der Waals surface area contributed by atoms with Gasteiger partial charge in [-0.25, -0.2) is 24.3 Å². The Morgan fingerprint density at radius 3 is 2.37 bits per heavy atom. The van der Waals surface area contributed by atoms with Crippen molar-refractivity contribution in [2.75, 3.05) is 54.4 Å². The van der Waals surface area contributed by atoms with Crippen molar-refractivity contribution in [2.45, 2.75) is 63.6 Å². The minimum absolute atomic E-state index is 0.00427. The number of benzene rings is 1. The smallest absolute Gasteiger partial charge is 0.262 e. The Morgan fingerprint density at radius 2 is 1.65 bits per heavy atom. The van der Waals surface area contributed by atoms with E-state index in [1.807, 2.05) is 15.9 Å². The van der Waals surface area contributed by atoms with Crippen LogP contribution in [-0.4, -0.2) is 111 Å². The zero-order valence-corrected chi connectivity index (χ0v) is 34.6. The average Bonchev–Trinajstić information content (AvgIpc) is 3.51. The van der Waals surface area contributed by atoms with Crippen LogP contribution >= 0.6 is 11.6 Å². The van der Waals surface area contributed by atoms with Crippen molar-refractivity contribution in [1.29, 1.82) is 5.26 Å². The maximum absolute atomic E-state index is 15.4. The van der Waals surface area contributed by atoms with Crippen molar-refractivity contribution in [3.05, 3.63) is 93.2 Å². The van der Waals surface area contributed by atoms with Crippen LogP contribution in [0.5, 0.6) is 0 Å². The predicted molar refractivity (Wildman–Crippen MR) is 223 cm³/mol. The van der Waals surface area contributed by atoms with E-state index in [1.165, 1.54) is 24.5 Å². The molecule has 63 heavy (non-hydrogen) atoms. The molecule has 1 unspecified atom stereocenters. The summed E-state index contributed by atoms with van der Waals surface area (Å²) in [5.74, 6) is -3.00. The molecule has 1 atom stereocenters. The van der Waals surface area contributed by atoms with Crippen molar-refractivity contribution in [3.8, 4) is 6.07 Å². The molecule has 1 saturated carbocycles. The zero-order chi connectivity index (χ0) is 43.9. The fraction of sp³-hybridized carbons (Fsp3) is 0.395. The van der Waals surface area contributed by atoms with Crippen LogP contribution in [0, 0.1) is 29.0 Å². The van der Waals surface area contributed by atoms with Gasteiger partial charge in [0.2, 0.25) is 17.8 Å². The number of amides is 5. The summed E-state index contributed by atoms with van der Waals surface area (Å²) in [4.78, 5) is 87.9. The number of piperazine rings is 1. The van der Waals surface area contributed by atoms with Gasteiger partial charge in [-0.05, 0) is 80.8 Å². The molecule has 3 aromatic heterocycles. The number of fused-ring (bicyclic) bond motifs is 2. The lowest BCUT2D eigenvalue weighted by Gasteiger charge is -2.39. The van der Waals surface area contributed by atoms with E-state index in [1.54, 1.807) is 12.1 Å². The number of nitrogens with one attached hydrogen (secondary N) is 3. The molecule has 1 aromatic carbocycles. The number of aromatic nitrogens is 4. The van der Waals surface area contributed by atoms with Crippen molar-refractivity contribution < 1.29 is 32.8 Å². The first-order valence-corrected chi connectivity index (χ1v) is 21.2. The molecule has 4 aromatic rings. The molecular weight excluding hydrogens is 838 g/mol. The highest BCUT2D eigenvalue weighted by molar-refractivity contribution is 6.30. The lowest BCUT2D eigenvalue weighted by molar-refractivity contribution is -0.136. The van der Waals surface area contributed by atoms with E-state index >= 15 is 8.78 Å². The maximum Gasteiger partial charge on any atom is 0.262 e. The number of halogens is 3. The SMILES string of the molecule is N#Cc1ccc(N2CCc3c(ncnc3Nc3ccc(C(=O)N[C@H]4CC[C@H](CN5CCN(c6cc7c(cc6F)C(=O)N(C6CCC(=O)NC6=O)C7=O)CC5)CC4)c(F)n3)C2)nc1Cl. The summed E-state index contributed by atoms with van der Waals surface area (Å²) in [5, 5.41) is 17.5. The molecule has 0 radical (unpaired) electrons. The summed E-state index contributed by atoms with van der Waals surface area (Å²) in [7, 11) is 0. The van der Waals surface area contributed by atoms with Gasteiger partial charge >= 0.3 is 0 Å². The van der Waals surface area contributed by atoms with E-state index in [9.17, 15) is 29.2 Å². The van der Waals surface area contributed by atoms with E-state index in [0.717, 1.165) is 54.5 Å². The number of piperidine rings is 1. The normalized spacial score (nSPS) is 21.4. The fourth-order valence-corrected chi connectivity index (χ4v) is 9.34. The van der Waals surface area contributed by atoms with Crippen molar-refractivity contribution in [1.82, 2.24) is 40.4 Å². The number of nitriles is 1. The van der Waals surface area contributed by atoms with Gasteiger partial charge in [0.1, 0.15) is 46.9 Å². The van der Waals surface area contributed by atoms with Crippen LogP contribution in [0.15, 0.2) is 42.7 Å². The van der Waals surface area contributed by atoms with Crippen LogP contribution < -0.4 is 25.8 Å². The van der Waals surface area contributed by atoms with Crippen molar-refractivity contribution in [3.63, 3.8) is 0 Å². The number of rotatable bonds is 9. The van der Waals surface area contributed by atoms with E-state index in [4.69, 9.17) is 11.6 Å². The highest BCUT2D eigenvalue weighted by Crippen LogP contribution is 2.34. The zero-order valence-electron chi connectivity index (χ0n) is 33.9. The Morgan fingerprint density at radius 1 is 0.889 bits per heavy atom. The second-order valence-corrected chi connectivity index (χ2v) is 16.7. The molecule has 7 heterocycles. The van der Waals surface area contributed by atoms with Crippen LogP contribution in [0.2, 0.25) is 5.15 Å². The molecule has 20 heteroatoms. The van der Waals surface area contributed by atoms with E-state index in [-0.39, 0.29) is 52.2 Å². The molecule has 3 fully saturated rings.